The number of aromatic nitrogens is 3. The van der Waals surface area contributed by atoms with E-state index in [2.05, 4.69) is 15.3 Å². The van der Waals surface area contributed by atoms with Crippen LogP contribution in [0.2, 0.25) is 0 Å². The number of para-hydroxylation sites is 1. The molecule has 0 radical (unpaired) electrons. The number of hydrogen-bond acceptors (Lipinski definition) is 4. The van der Waals surface area contributed by atoms with Gasteiger partial charge >= 0.3 is 6.18 Å². The molecule has 1 N–H and O–H groups in total. The molecule has 0 aliphatic rings. The van der Waals surface area contributed by atoms with Gasteiger partial charge in [-0.05, 0) is 42.0 Å². The molecular formula is C17H13F3N4OS. The summed E-state index contributed by atoms with van der Waals surface area (Å²) in [5.41, 5.74) is -0.220. The predicted molar refractivity (Wildman–Crippen MR) is 92.6 cm³/mol. The van der Waals surface area contributed by atoms with Gasteiger partial charge < -0.3 is 4.74 Å². The summed E-state index contributed by atoms with van der Waals surface area (Å²) < 4.78 is 45.0. The molecule has 0 aliphatic heterocycles. The van der Waals surface area contributed by atoms with Gasteiger partial charge in [-0.25, -0.2) is 5.10 Å². The summed E-state index contributed by atoms with van der Waals surface area (Å²) in [6.07, 6.45) is -2.97. The molecule has 0 spiro atoms. The topological polar surface area (TPSA) is 55.2 Å². The van der Waals surface area contributed by atoms with E-state index in [-0.39, 0.29) is 11.4 Å². The Morgan fingerprint density at radius 3 is 2.46 bits per heavy atom. The van der Waals surface area contributed by atoms with Crippen molar-refractivity contribution in [1.82, 2.24) is 14.9 Å². The first-order chi connectivity index (χ1) is 12.4. The normalized spacial score (nSPS) is 11.8. The highest BCUT2D eigenvalue weighted by Gasteiger charge is 2.29. The number of rotatable bonds is 5. The van der Waals surface area contributed by atoms with Crippen LogP contribution in [0.4, 0.5) is 13.2 Å². The summed E-state index contributed by atoms with van der Waals surface area (Å²) in [4.78, 5) is 0. The number of halogens is 3. The lowest BCUT2D eigenvalue weighted by atomic mass is 10.1. The molecule has 0 amide bonds. The van der Waals surface area contributed by atoms with Crippen molar-refractivity contribution < 1.29 is 17.9 Å². The largest absolute Gasteiger partial charge is 0.486 e. The summed E-state index contributed by atoms with van der Waals surface area (Å²) in [6, 6.07) is 13.8. The van der Waals surface area contributed by atoms with Crippen LogP contribution in [0.25, 0.3) is 0 Å². The van der Waals surface area contributed by atoms with Gasteiger partial charge in [-0.15, -0.1) is 0 Å². The molecule has 134 valence electrons. The van der Waals surface area contributed by atoms with Gasteiger partial charge in [-0.2, -0.15) is 28.0 Å². The number of ether oxygens (including phenoxy) is 1. The summed E-state index contributed by atoms with van der Waals surface area (Å²) in [5, 5.41) is 10.8. The van der Waals surface area contributed by atoms with E-state index in [1.54, 1.807) is 12.1 Å². The van der Waals surface area contributed by atoms with E-state index in [0.29, 0.717) is 17.1 Å². The predicted octanol–water partition coefficient (Wildman–Crippen LogP) is 4.42. The third-order valence-electron chi connectivity index (χ3n) is 3.39. The van der Waals surface area contributed by atoms with E-state index in [1.165, 1.54) is 23.0 Å². The Labute approximate surface area is 151 Å². The molecule has 0 fully saturated rings. The number of alkyl halides is 3. The highest BCUT2D eigenvalue weighted by atomic mass is 32.1. The van der Waals surface area contributed by atoms with Crippen LogP contribution in [0.5, 0.6) is 5.75 Å². The van der Waals surface area contributed by atoms with Crippen LogP contribution < -0.4 is 4.74 Å². The second-order valence-electron chi connectivity index (χ2n) is 5.22. The minimum absolute atomic E-state index is 0.126. The van der Waals surface area contributed by atoms with Crippen molar-refractivity contribution in [2.24, 2.45) is 5.10 Å². The second kappa shape index (κ2) is 7.52. The molecule has 1 aromatic heterocycles. The standard InChI is InChI=1S/C17H13F3N4OS/c18-17(19,20)13-8-6-12(7-9-13)10-21-24-15(22-23-16(24)26)11-25-14-4-2-1-3-5-14/h1-10H,11H2,(H,23,26)/b21-10-. The molecule has 0 atom stereocenters. The number of nitrogens with zero attached hydrogens (tertiary/aromatic N) is 3. The van der Waals surface area contributed by atoms with Crippen molar-refractivity contribution in [3.8, 4) is 5.75 Å². The fourth-order valence-corrected chi connectivity index (χ4v) is 2.28. The van der Waals surface area contributed by atoms with E-state index in [9.17, 15) is 13.2 Å². The van der Waals surface area contributed by atoms with E-state index < -0.39 is 11.7 Å². The maximum Gasteiger partial charge on any atom is 0.416 e. The minimum Gasteiger partial charge on any atom is -0.486 e. The SMILES string of the molecule is FC(F)(F)c1ccc(/C=N\n2c(COc3ccccc3)n[nH]c2=S)cc1. The number of aromatic amines is 1. The summed E-state index contributed by atoms with van der Waals surface area (Å²) in [7, 11) is 0. The highest BCUT2D eigenvalue weighted by Crippen LogP contribution is 2.28. The van der Waals surface area contributed by atoms with Gasteiger partial charge in [0, 0.05) is 0 Å². The average molecular weight is 378 g/mol. The Bertz CT molecular complexity index is 947. The molecule has 5 nitrogen and oxygen atoms in total. The minimum atomic E-state index is -4.37. The Kier molecular flexibility index (Phi) is 5.17. The lowest BCUT2D eigenvalue weighted by Gasteiger charge is -2.06. The van der Waals surface area contributed by atoms with Gasteiger partial charge in [0.2, 0.25) is 4.77 Å². The highest BCUT2D eigenvalue weighted by molar-refractivity contribution is 7.71. The van der Waals surface area contributed by atoms with Crippen LogP contribution in [0, 0.1) is 4.77 Å². The molecule has 0 aliphatic carbocycles. The molecule has 0 unspecified atom stereocenters. The molecule has 2 aromatic carbocycles. The summed E-state index contributed by atoms with van der Waals surface area (Å²) in [6.45, 7) is 0.126. The monoisotopic (exact) mass is 378 g/mol. The second-order valence-corrected chi connectivity index (χ2v) is 5.61. The van der Waals surface area contributed by atoms with Crippen LogP contribution >= 0.6 is 12.2 Å². The quantitative estimate of drug-likeness (QED) is 0.528. The van der Waals surface area contributed by atoms with Crippen molar-refractivity contribution in [1.29, 1.82) is 0 Å². The van der Waals surface area contributed by atoms with Crippen molar-refractivity contribution >= 4 is 18.4 Å². The van der Waals surface area contributed by atoms with Crippen LogP contribution in [0.3, 0.4) is 0 Å². The van der Waals surface area contributed by atoms with Crippen LogP contribution in [-0.2, 0) is 12.8 Å². The Morgan fingerprint density at radius 1 is 1.12 bits per heavy atom. The Hall–Kier alpha value is -2.94. The summed E-state index contributed by atoms with van der Waals surface area (Å²) in [5.74, 6) is 1.10. The lowest BCUT2D eigenvalue weighted by molar-refractivity contribution is -0.137. The zero-order chi connectivity index (χ0) is 18.6. The molecule has 0 saturated heterocycles. The number of nitrogens with one attached hydrogen (secondary N) is 1. The fraction of sp³-hybridized carbons (Fsp3) is 0.118. The zero-order valence-electron chi connectivity index (χ0n) is 13.3. The first-order valence-electron chi connectivity index (χ1n) is 7.49. The maximum absolute atomic E-state index is 12.6. The average Bonchev–Trinajstić information content (AvgIpc) is 2.98. The van der Waals surface area contributed by atoms with E-state index in [0.717, 1.165) is 12.1 Å². The van der Waals surface area contributed by atoms with Gasteiger partial charge in [0.15, 0.2) is 5.82 Å². The molecule has 9 heteroatoms. The van der Waals surface area contributed by atoms with E-state index in [1.807, 2.05) is 18.2 Å². The first kappa shape index (κ1) is 17.9. The molecule has 3 aromatic rings. The van der Waals surface area contributed by atoms with Crippen LogP contribution in [-0.4, -0.2) is 21.1 Å². The Balaban J connectivity index is 1.74. The molecular weight excluding hydrogens is 365 g/mol. The van der Waals surface area contributed by atoms with Crippen molar-refractivity contribution in [3.05, 3.63) is 76.3 Å². The maximum atomic E-state index is 12.6. The number of hydrogen-bond donors (Lipinski definition) is 1. The molecule has 26 heavy (non-hydrogen) atoms. The van der Waals surface area contributed by atoms with Gasteiger partial charge in [0.1, 0.15) is 12.4 Å². The third-order valence-corrected chi connectivity index (χ3v) is 3.65. The van der Waals surface area contributed by atoms with E-state index in [4.69, 9.17) is 17.0 Å². The zero-order valence-corrected chi connectivity index (χ0v) is 14.1. The molecule has 1 heterocycles. The van der Waals surface area contributed by atoms with Crippen molar-refractivity contribution in [2.45, 2.75) is 12.8 Å². The summed E-state index contributed by atoms with van der Waals surface area (Å²) >= 11 is 5.12. The van der Waals surface area contributed by atoms with Crippen LogP contribution in [0.15, 0.2) is 59.7 Å². The molecule has 0 bridgehead atoms. The molecule has 0 saturated carbocycles. The lowest BCUT2D eigenvalue weighted by Crippen LogP contribution is -2.05. The van der Waals surface area contributed by atoms with Gasteiger partial charge in [0.25, 0.3) is 0 Å². The fourth-order valence-electron chi connectivity index (χ4n) is 2.08. The van der Waals surface area contributed by atoms with Gasteiger partial charge in [-0.3, -0.25) is 0 Å². The Morgan fingerprint density at radius 2 is 1.81 bits per heavy atom. The first-order valence-corrected chi connectivity index (χ1v) is 7.90. The number of H-pyrrole nitrogens is 1. The van der Waals surface area contributed by atoms with E-state index >= 15 is 0 Å². The van der Waals surface area contributed by atoms with Crippen LogP contribution in [0.1, 0.15) is 17.0 Å². The molecule has 3 rings (SSSR count). The van der Waals surface area contributed by atoms with Crippen molar-refractivity contribution in [2.75, 3.05) is 0 Å². The van der Waals surface area contributed by atoms with Gasteiger partial charge in [-0.1, -0.05) is 30.3 Å². The smallest absolute Gasteiger partial charge is 0.416 e. The number of benzene rings is 2. The van der Waals surface area contributed by atoms with Gasteiger partial charge in [0.05, 0.1) is 11.8 Å². The van der Waals surface area contributed by atoms with Crippen molar-refractivity contribution in [3.63, 3.8) is 0 Å². The third kappa shape index (κ3) is 4.37.